The third kappa shape index (κ3) is 9.18. The predicted octanol–water partition coefficient (Wildman–Crippen LogP) is 3.70. The van der Waals surface area contributed by atoms with Crippen molar-refractivity contribution in [3.63, 3.8) is 0 Å². The number of pyridine rings is 1. The van der Waals surface area contributed by atoms with Gasteiger partial charge in [0, 0.05) is 44.6 Å². The summed E-state index contributed by atoms with van der Waals surface area (Å²) < 4.78 is 6.04. The zero-order valence-electron chi connectivity index (χ0n) is 16.4. The van der Waals surface area contributed by atoms with E-state index in [1.54, 1.807) is 0 Å². The molecule has 5 nitrogen and oxygen atoms in total. The minimum absolute atomic E-state index is 0.506. The van der Waals surface area contributed by atoms with Gasteiger partial charge in [-0.15, -0.1) is 0 Å². The van der Waals surface area contributed by atoms with E-state index in [0.29, 0.717) is 6.10 Å². The lowest BCUT2D eigenvalue weighted by atomic mass is 10.1. The van der Waals surface area contributed by atoms with E-state index in [0.717, 1.165) is 57.2 Å². The number of aromatic nitrogens is 1. The summed E-state index contributed by atoms with van der Waals surface area (Å²) in [4.78, 5) is 9.01. The zero-order valence-corrected chi connectivity index (χ0v) is 16.4. The number of aliphatic imine (C=N–C) groups is 1. The maximum atomic E-state index is 6.04. The molecule has 0 aliphatic heterocycles. The summed E-state index contributed by atoms with van der Waals surface area (Å²) in [5, 5.41) is 6.69. The van der Waals surface area contributed by atoms with Crippen LogP contribution in [0.2, 0.25) is 0 Å². The monoisotopic (exact) mass is 360 g/mol. The van der Waals surface area contributed by atoms with E-state index in [1.165, 1.54) is 38.5 Å². The molecule has 0 spiro atoms. The Kier molecular flexibility index (Phi) is 10.8. The molecule has 1 aromatic rings. The minimum atomic E-state index is 0.506. The van der Waals surface area contributed by atoms with Crippen LogP contribution in [-0.2, 0) is 11.2 Å². The molecule has 0 bridgehead atoms. The highest BCUT2D eigenvalue weighted by Gasteiger charge is 2.11. The van der Waals surface area contributed by atoms with Crippen LogP contribution in [0.5, 0.6) is 0 Å². The summed E-state index contributed by atoms with van der Waals surface area (Å²) in [6.45, 7) is 5.53. The summed E-state index contributed by atoms with van der Waals surface area (Å²) >= 11 is 0. The lowest BCUT2D eigenvalue weighted by Gasteiger charge is -2.15. The smallest absolute Gasteiger partial charge is 0.191 e. The summed E-state index contributed by atoms with van der Waals surface area (Å²) in [5.41, 5.74) is 1.10. The fourth-order valence-electron chi connectivity index (χ4n) is 3.26. The van der Waals surface area contributed by atoms with Crippen molar-refractivity contribution in [2.24, 2.45) is 4.99 Å². The van der Waals surface area contributed by atoms with Crippen LogP contribution >= 0.6 is 0 Å². The number of unbranched alkanes of at least 4 members (excludes halogenated alkanes) is 1. The van der Waals surface area contributed by atoms with E-state index in [2.05, 4.69) is 33.6 Å². The van der Waals surface area contributed by atoms with Gasteiger partial charge in [-0.3, -0.25) is 9.98 Å². The van der Waals surface area contributed by atoms with E-state index in [-0.39, 0.29) is 0 Å². The van der Waals surface area contributed by atoms with Crippen molar-refractivity contribution in [2.75, 3.05) is 26.2 Å². The number of hydrogen-bond acceptors (Lipinski definition) is 3. The quantitative estimate of drug-likeness (QED) is 0.289. The van der Waals surface area contributed by atoms with E-state index in [9.17, 15) is 0 Å². The second-order valence-electron chi connectivity index (χ2n) is 6.95. The Morgan fingerprint density at radius 1 is 1.15 bits per heavy atom. The summed E-state index contributed by atoms with van der Waals surface area (Å²) in [5.74, 6) is 0.896. The molecule has 146 valence electrons. The van der Waals surface area contributed by atoms with Crippen LogP contribution in [0.1, 0.15) is 64.0 Å². The van der Waals surface area contributed by atoms with Gasteiger partial charge in [-0.05, 0) is 44.7 Å². The van der Waals surface area contributed by atoms with Crippen LogP contribution in [0.25, 0.3) is 0 Å². The summed E-state index contributed by atoms with van der Waals surface area (Å²) in [6.07, 6.45) is 13.4. The summed E-state index contributed by atoms with van der Waals surface area (Å²) in [6, 6.07) is 6.03. The Balaban J connectivity index is 1.57. The Hall–Kier alpha value is -1.62. The minimum Gasteiger partial charge on any atom is -0.378 e. The number of hydrogen-bond donors (Lipinski definition) is 2. The lowest BCUT2D eigenvalue weighted by Crippen LogP contribution is -2.38. The standard InChI is InChI=1S/C21H36N4O/c1-2-22-21(25-17-14-19-11-7-8-15-23-19)24-16-9-10-18-26-20-12-5-3-4-6-13-20/h7-8,11,15,20H,2-6,9-10,12-14,16-18H2,1H3,(H2,22,24,25). The summed E-state index contributed by atoms with van der Waals surface area (Å²) in [7, 11) is 0. The van der Waals surface area contributed by atoms with Crippen LogP contribution in [0.15, 0.2) is 29.4 Å². The molecule has 2 rings (SSSR count). The second kappa shape index (κ2) is 13.6. The molecule has 1 saturated carbocycles. The first kappa shape index (κ1) is 20.7. The van der Waals surface area contributed by atoms with E-state index >= 15 is 0 Å². The topological polar surface area (TPSA) is 58.5 Å². The molecule has 0 radical (unpaired) electrons. The Bertz CT molecular complexity index is 484. The largest absolute Gasteiger partial charge is 0.378 e. The van der Waals surface area contributed by atoms with Crippen molar-refractivity contribution in [2.45, 2.75) is 70.8 Å². The molecule has 1 aromatic heterocycles. The van der Waals surface area contributed by atoms with Crippen molar-refractivity contribution in [3.05, 3.63) is 30.1 Å². The molecular weight excluding hydrogens is 324 g/mol. The first-order valence-electron chi connectivity index (χ1n) is 10.4. The van der Waals surface area contributed by atoms with Gasteiger partial charge in [0.1, 0.15) is 0 Å². The van der Waals surface area contributed by atoms with Gasteiger partial charge in [-0.25, -0.2) is 0 Å². The van der Waals surface area contributed by atoms with Gasteiger partial charge in [0.05, 0.1) is 6.10 Å². The van der Waals surface area contributed by atoms with Gasteiger partial charge in [0.2, 0.25) is 0 Å². The highest BCUT2D eigenvalue weighted by molar-refractivity contribution is 5.79. The molecule has 0 atom stereocenters. The number of ether oxygens (including phenoxy) is 1. The highest BCUT2D eigenvalue weighted by atomic mass is 16.5. The van der Waals surface area contributed by atoms with Crippen molar-refractivity contribution in [1.29, 1.82) is 0 Å². The first-order valence-corrected chi connectivity index (χ1v) is 10.4. The number of rotatable bonds is 10. The van der Waals surface area contributed by atoms with Gasteiger partial charge in [-0.2, -0.15) is 0 Å². The van der Waals surface area contributed by atoms with Crippen molar-refractivity contribution >= 4 is 5.96 Å². The second-order valence-corrected chi connectivity index (χ2v) is 6.95. The van der Waals surface area contributed by atoms with Gasteiger partial charge in [0.15, 0.2) is 5.96 Å². The molecule has 1 fully saturated rings. The molecule has 2 N–H and O–H groups in total. The van der Waals surface area contributed by atoms with Gasteiger partial charge < -0.3 is 15.4 Å². The van der Waals surface area contributed by atoms with Crippen molar-refractivity contribution < 1.29 is 4.74 Å². The molecule has 26 heavy (non-hydrogen) atoms. The molecule has 1 heterocycles. The molecule has 0 unspecified atom stereocenters. The molecule has 1 aliphatic carbocycles. The number of guanidine groups is 1. The normalized spacial score (nSPS) is 16.3. The number of nitrogens with one attached hydrogen (secondary N) is 2. The fourth-order valence-corrected chi connectivity index (χ4v) is 3.26. The maximum absolute atomic E-state index is 6.04. The van der Waals surface area contributed by atoms with Crippen LogP contribution in [0, 0.1) is 0 Å². The van der Waals surface area contributed by atoms with Gasteiger partial charge in [0.25, 0.3) is 0 Å². The van der Waals surface area contributed by atoms with Crippen LogP contribution in [0.3, 0.4) is 0 Å². The molecule has 0 saturated heterocycles. The number of nitrogens with zero attached hydrogens (tertiary/aromatic N) is 2. The first-order chi connectivity index (χ1) is 12.9. The Morgan fingerprint density at radius 3 is 2.73 bits per heavy atom. The van der Waals surface area contributed by atoms with Crippen LogP contribution in [-0.4, -0.2) is 43.3 Å². The molecular formula is C21H36N4O. The van der Waals surface area contributed by atoms with E-state index < -0.39 is 0 Å². The SMILES string of the molecule is CCNC(=NCCCCOC1CCCCCC1)NCCc1ccccn1. The van der Waals surface area contributed by atoms with Crippen LogP contribution in [0.4, 0.5) is 0 Å². The zero-order chi connectivity index (χ0) is 18.3. The van der Waals surface area contributed by atoms with Crippen molar-refractivity contribution in [1.82, 2.24) is 15.6 Å². The van der Waals surface area contributed by atoms with Gasteiger partial charge >= 0.3 is 0 Å². The van der Waals surface area contributed by atoms with E-state index in [1.807, 2.05) is 18.3 Å². The maximum Gasteiger partial charge on any atom is 0.191 e. The average molecular weight is 361 g/mol. The predicted molar refractivity (Wildman–Crippen MR) is 109 cm³/mol. The van der Waals surface area contributed by atoms with Gasteiger partial charge in [-0.1, -0.05) is 31.7 Å². The third-order valence-electron chi connectivity index (χ3n) is 4.72. The van der Waals surface area contributed by atoms with Crippen molar-refractivity contribution in [3.8, 4) is 0 Å². The molecule has 5 heteroatoms. The Morgan fingerprint density at radius 2 is 2.00 bits per heavy atom. The lowest BCUT2D eigenvalue weighted by molar-refractivity contribution is 0.0413. The Labute approximate surface area is 159 Å². The van der Waals surface area contributed by atoms with E-state index in [4.69, 9.17) is 4.74 Å². The molecule has 0 aromatic carbocycles. The van der Waals surface area contributed by atoms with Crippen LogP contribution < -0.4 is 10.6 Å². The average Bonchev–Trinajstić information content (AvgIpc) is 2.94. The third-order valence-corrected chi connectivity index (χ3v) is 4.72. The molecule has 1 aliphatic rings. The fraction of sp³-hybridized carbons (Fsp3) is 0.714. The molecule has 0 amide bonds. The highest BCUT2D eigenvalue weighted by Crippen LogP contribution is 2.19.